The van der Waals surface area contributed by atoms with E-state index in [0.717, 1.165) is 11.9 Å². The maximum atomic E-state index is 13.9. The third-order valence-corrected chi connectivity index (χ3v) is 6.25. The van der Waals surface area contributed by atoms with Crippen LogP contribution < -0.4 is 10.1 Å². The molecule has 2 amide bonds. The summed E-state index contributed by atoms with van der Waals surface area (Å²) in [4.78, 5) is 29.2. The predicted octanol–water partition coefficient (Wildman–Crippen LogP) is 4.11. The first-order chi connectivity index (χ1) is 17.3. The molecule has 0 aliphatic carbocycles. The summed E-state index contributed by atoms with van der Waals surface area (Å²) in [5.74, 6) is 0.549. The van der Waals surface area contributed by atoms with Gasteiger partial charge in [0.2, 0.25) is 11.8 Å². The summed E-state index contributed by atoms with van der Waals surface area (Å²) < 4.78 is 12.5. The molecule has 188 valence electrons. The third-order valence-electron chi connectivity index (χ3n) is 6.25. The van der Waals surface area contributed by atoms with Crippen molar-refractivity contribution in [3.8, 4) is 5.75 Å². The molecule has 4 aromatic rings. The van der Waals surface area contributed by atoms with Crippen LogP contribution in [0.3, 0.4) is 0 Å². The minimum atomic E-state index is -0.932. The second-order valence-electron chi connectivity index (χ2n) is 9.24. The van der Waals surface area contributed by atoms with Crippen LogP contribution >= 0.6 is 0 Å². The van der Waals surface area contributed by atoms with Crippen LogP contribution in [-0.2, 0) is 22.7 Å². The number of nitrogens with zero attached hydrogens (tertiary/aromatic N) is 4. The molecule has 0 aliphatic rings. The molecule has 0 radical (unpaired) electrons. The molecule has 0 bridgehead atoms. The molecule has 0 spiro atoms. The lowest BCUT2D eigenvalue weighted by atomic mass is 9.98. The highest BCUT2D eigenvalue weighted by molar-refractivity contribution is 5.89. The number of furan rings is 1. The van der Waals surface area contributed by atoms with Crippen LogP contribution in [0.2, 0.25) is 0 Å². The smallest absolute Gasteiger partial charge is 0.247 e. The highest BCUT2D eigenvalue weighted by Gasteiger charge is 2.35. The Labute approximate surface area is 210 Å². The van der Waals surface area contributed by atoms with E-state index in [0.29, 0.717) is 22.6 Å². The van der Waals surface area contributed by atoms with E-state index >= 15 is 0 Å². The second-order valence-corrected chi connectivity index (χ2v) is 9.24. The molecule has 2 aromatic carbocycles. The quantitative estimate of drug-likeness (QED) is 0.360. The molecule has 9 nitrogen and oxygen atoms in total. The Kier molecular flexibility index (Phi) is 7.38. The van der Waals surface area contributed by atoms with Crippen molar-refractivity contribution in [2.45, 2.75) is 51.9 Å². The molecular formula is C27H31N5O4. The fraction of sp³-hybridized carbons (Fsp3) is 0.333. The number of ether oxygens (including phenoxy) is 1. The van der Waals surface area contributed by atoms with Crippen LogP contribution in [-0.4, -0.2) is 44.4 Å². The van der Waals surface area contributed by atoms with Gasteiger partial charge in [0.15, 0.2) is 0 Å². The van der Waals surface area contributed by atoms with Crippen molar-refractivity contribution in [3.05, 3.63) is 78.3 Å². The van der Waals surface area contributed by atoms with E-state index in [1.165, 1.54) is 4.90 Å². The van der Waals surface area contributed by atoms with E-state index in [1.807, 2.05) is 51.1 Å². The fourth-order valence-electron chi connectivity index (χ4n) is 3.92. The molecule has 36 heavy (non-hydrogen) atoms. The number of benzene rings is 2. The van der Waals surface area contributed by atoms with Crippen LogP contribution in [0.1, 0.15) is 44.6 Å². The molecule has 0 aliphatic heterocycles. The summed E-state index contributed by atoms with van der Waals surface area (Å²) in [5, 5.41) is 11.4. The van der Waals surface area contributed by atoms with Crippen molar-refractivity contribution < 1.29 is 18.7 Å². The summed E-state index contributed by atoms with van der Waals surface area (Å²) in [6, 6.07) is 17.2. The topological polar surface area (TPSA) is 102 Å². The highest BCUT2D eigenvalue weighted by atomic mass is 16.5. The van der Waals surface area contributed by atoms with Gasteiger partial charge in [0.1, 0.15) is 29.6 Å². The Morgan fingerprint density at radius 2 is 1.94 bits per heavy atom. The van der Waals surface area contributed by atoms with E-state index < -0.39 is 11.6 Å². The number of para-hydroxylation sites is 1. The van der Waals surface area contributed by atoms with Gasteiger partial charge in [-0.1, -0.05) is 36.4 Å². The second kappa shape index (κ2) is 10.6. The molecule has 0 fully saturated rings. The molecule has 2 heterocycles. The fourth-order valence-corrected chi connectivity index (χ4v) is 3.92. The predicted molar refractivity (Wildman–Crippen MR) is 135 cm³/mol. The van der Waals surface area contributed by atoms with E-state index in [9.17, 15) is 9.59 Å². The standard InChI is InChI=1S/C27H31N5O4/c1-5-27(2,3)28-26(34)25(19-10-8-11-20(16-19)35-4)31(17-21-12-9-15-36-21)24(33)18-32-23-14-7-6-13-22(23)29-30-32/h6-16,25H,5,17-18H2,1-4H3,(H,28,34)/t25-/m1/s1. The van der Waals surface area contributed by atoms with E-state index in [4.69, 9.17) is 9.15 Å². The average Bonchev–Trinajstić information content (AvgIpc) is 3.54. The van der Waals surface area contributed by atoms with Crippen LogP contribution in [0.5, 0.6) is 5.75 Å². The normalized spacial score (nSPS) is 12.3. The summed E-state index contributed by atoms with van der Waals surface area (Å²) in [6.45, 7) is 5.91. The largest absolute Gasteiger partial charge is 0.497 e. The van der Waals surface area contributed by atoms with Gasteiger partial charge in [0, 0.05) is 5.54 Å². The number of carbonyl (C=O) groups is 2. The van der Waals surface area contributed by atoms with Crippen LogP contribution in [0.15, 0.2) is 71.3 Å². The molecular weight excluding hydrogens is 458 g/mol. The molecule has 4 rings (SSSR count). The lowest BCUT2D eigenvalue weighted by Gasteiger charge is -2.34. The van der Waals surface area contributed by atoms with Gasteiger partial charge in [-0.05, 0) is 62.2 Å². The van der Waals surface area contributed by atoms with Crippen molar-refractivity contribution in [1.29, 1.82) is 0 Å². The van der Waals surface area contributed by atoms with Crippen LogP contribution in [0.4, 0.5) is 0 Å². The number of aromatic nitrogens is 3. The van der Waals surface area contributed by atoms with Gasteiger partial charge in [-0.2, -0.15) is 0 Å². The zero-order valence-corrected chi connectivity index (χ0v) is 21.0. The van der Waals surface area contributed by atoms with Gasteiger partial charge < -0.3 is 19.4 Å². The first-order valence-electron chi connectivity index (χ1n) is 11.9. The van der Waals surface area contributed by atoms with Crippen molar-refractivity contribution in [1.82, 2.24) is 25.2 Å². The van der Waals surface area contributed by atoms with Crippen molar-refractivity contribution >= 4 is 22.8 Å². The number of rotatable bonds is 10. The lowest BCUT2D eigenvalue weighted by Crippen LogP contribution is -2.50. The van der Waals surface area contributed by atoms with Gasteiger partial charge in [-0.3, -0.25) is 9.59 Å². The number of fused-ring (bicyclic) bond motifs is 1. The van der Waals surface area contributed by atoms with Crippen molar-refractivity contribution in [2.24, 2.45) is 0 Å². The molecule has 9 heteroatoms. The number of hydrogen-bond donors (Lipinski definition) is 1. The molecule has 0 unspecified atom stereocenters. The van der Waals surface area contributed by atoms with E-state index in [2.05, 4.69) is 15.6 Å². The highest BCUT2D eigenvalue weighted by Crippen LogP contribution is 2.28. The lowest BCUT2D eigenvalue weighted by molar-refractivity contribution is -0.143. The monoisotopic (exact) mass is 489 g/mol. The Morgan fingerprint density at radius 1 is 1.14 bits per heavy atom. The zero-order chi connectivity index (χ0) is 25.7. The SMILES string of the molecule is CCC(C)(C)NC(=O)[C@@H](c1cccc(OC)c1)N(Cc1ccco1)C(=O)Cn1nnc2ccccc21. The van der Waals surface area contributed by atoms with Gasteiger partial charge in [-0.25, -0.2) is 4.68 Å². The third kappa shape index (κ3) is 5.56. The Morgan fingerprint density at radius 3 is 2.67 bits per heavy atom. The minimum Gasteiger partial charge on any atom is -0.497 e. The number of hydrogen-bond acceptors (Lipinski definition) is 6. The molecule has 0 saturated carbocycles. The summed E-state index contributed by atoms with van der Waals surface area (Å²) in [7, 11) is 1.57. The van der Waals surface area contributed by atoms with Gasteiger partial charge in [0.05, 0.1) is 25.4 Å². The van der Waals surface area contributed by atoms with E-state index in [1.54, 1.807) is 48.4 Å². The maximum Gasteiger partial charge on any atom is 0.247 e. The maximum absolute atomic E-state index is 13.9. The first kappa shape index (κ1) is 25.0. The first-order valence-corrected chi connectivity index (χ1v) is 11.9. The Bertz CT molecular complexity index is 1330. The number of amides is 2. The Balaban J connectivity index is 1.76. The van der Waals surface area contributed by atoms with Crippen molar-refractivity contribution in [2.75, 3.05) is 7.11 Å². The zero-order valence-electron chi connectivity index (χ0n) is 21.0. The van der Waals surface area contributed by atoms with E-state index in [-0.39, 0.29) is 24.9 Å². The van der Waals surface area contributed by atoms with Crippen molar-refractivity contribution in [3.63, 3.8) is 0 Å². The summed E-state index contributed by atoms with van der Waals surface area (Å²) >= 11 is 0. The molecule has 2 aromatic heterocycles. The number of nitrogens with one attached hydrogen (secondary N) is 1. The Hall–Kier alpha value is -4.14. The summed E-state index contributed by atoms with van der Waals surface area (Å²) in [5.41, 5.74) is 1.59. The van der Waals surface area contributed by atoms with Gasteiger partial charge in [-0.15, -0.1) is 5.10 Å². The minimum absolute atomic E-state index is 0.0911. The number of methoxy groups -OCH3 is 1. The number of carbonyl (C=O) groups excluding carboxylic acids is 2. The molecule has 1 atom stereocenters. The molecule has 1 N–H and O–H groups in total. The van der Waals surface area contributed by atoms with Gasteiger partial charge >= 0.3 is 0 Å². The van der Waals surface area contributed by atoms with Crippen LogP contribution in [0.25, 0.3) is 11.0 Å². The van der Waals surface area contributed by atoms with Crippen LogP contribution in [0, 0.1) is 0 Å². The molecule has 0 saturated heterocycles. The van der Waals surface area contributed by atoms with Gasteiger partial charge in [0.25, 0.3) is 0 Å². The summed E-state index contributed by atoms with van der Waals surface area (Å²) in [6.07, 6.45) is 2.27. The average molecular weight is 490 g/mol.